The summed E-state index contributed by atoms with van der Waals surface area (Å²) in [6.07, 6.45) is 8.77. The summed E-state index contributed by atoms with van der Waals surface area (Å²) in [5.41, 5.74) is 3.02. The van der Waals surface area contributed by atoms with Crippen LogP contribution in [0.25, 0.3) is 0 Å². The molecule has 20 heavy (non-hydrogen) atoms. The minimum atomic E-state index is 0.764. The number of allylic oxidation sites excluding steroid dienone is 2. The molecule has 0 aromatic heterocycles. The summed E-state index contributed by atoms with van der Waals surface area (Å²) in [5.74, 6) is 2.07. The van der Waals surface area contributed by atoms with Gasteiger partial charge in [-0.2, -0.15) is 4.99 Å². The summed E-state index contributed by atoms with van der Waals surface area (Å²) in [4.78, 5) is 4.97. The van der Waals surface area contributed by atoms with Gasteiger partial charge in [0, 0.05) is 13.3 Å². The average Bonchev–Trinajstić information content (AvgIpc) is 2.64. The van der Waals surface area contributed by atoms with Crippen molar-refractivity contribution < 1.29 is 4.48 Å². The molecule has 2 heteroatoms. The number of quaternary nitrogens is 1. The first-order valence-electron chi connectivity index (χ1n) is 8.59. The third kappa shape index (κ3) is 4.18. The molecule has 0 aliphatic carbocycles. The van der Waals surface area contributed by atoms with Gasteiger partial charge in [-0.1, -0.05) is 40.5 Å². The van der Waals surface area contributed by atoms with Crippen molar-refractivity contribution in [3.05, 3.63) is 11.4 Å². The van der Waals surface area contributed by atoms with Crippen molar-refractivity contribution in [3.63, 3.8) is 0 Å². The quantitative estimate of drug-likeness (QED) is 0.494. The fourth-order valence-electron chi connectivity index (χ4n) is 2.98. The van der Waals surface area contributed by atoms with Crippen LogP contribution < -0.4 is 0 Å². The molecule has 0 saturated heterocycles. The van der Waals surface area contributed by atoms with E-state index in [0.29, 0.717) is 0 Å². The SMILES string of the molecule is CCCCC1=C(CCC(C)C)N=C(C)[N+]1(C)CCCC. The number of hydrogen-bond donors (Lipinski definition) is 0. The van der Waals surface area contributed by atoms with Crippen molar-refractivity contribution in [3.8, 4) is 0 Å². The van der Waals surface area contributed by atoms with E-state index in [-0.39, 0.29) is 0 Å². The second-order valence-corrected chi connectivity index (χ2v) is 6.86. The molecular weight excluding hydrogens is 244 g/mol. The maximum atomic E-state index is 4.97. The Labute approximate surface area is 126 Å². The van der Waals surface area contributed by atoms with Crippen molar-refractivity contribution in [1.82, 2.24) is 0 Å². The molecule has 0 aromatic rings. The van der Waals surface area contributed by atoms with E-state index in [2.05, 4.69) is 41.7 Å². The van der Waals surface area contributed by atoms with Crippen LogP contribution in [-0.2, 0) is 0 Å². The van der Waals surface area contributed by atoms with Crippen LogP contribution in [0.2, 0.25) is 0 Å². The van der Waals surface area contributed by atoms with E-state index in [4.69, 9.17) is 4.99 Å². The standard InChI is InChI=1S/C18H35N2/c1-7-9-11-18-17(13-12-15(3)4)19-16(5)20(18,6)14-10-8-2/h15H,7-14H2,1-6H3/q+1. The number of aliphatic imine (C=N–C) groups is 1. The van der Waals surface area contributed by atoms with Gasteiger partial charge in [0.25, 0.3) is 0 Å². The molecule has 0 N–H and O–H groups in total. The summed E-state index contributed by atoms with van der Waals surface area (Å²) in [6.45, 7) is 12.6. The first-order chi connectivity index (χ1) is 9.45. The first kappa shape index (κ1) is 17.4. The van der Waals surface area contributed by atoms with Crippen LogP contribution >= 0.6 is 0 Å². The predicted molar refractivity (Wildman–Crippen MR) is 89.7 cm³/mol. The lowest BCUT2D eigenvalue weighted by Gasteiger charge is -2.32. The van der Waals surface area contributed by atoms with Crippen molar-refractivity contribution in [2.24, 2.45) is 10.9 Å². The van der Waals surface area contributed by atoms with E-state index in [1.165, 1.54) is 56.6 Å². The van der Waals surface area contributed by atoms with E-state index < -0.39 is 0 Å². The van der Waals surface area contributed by atoms with E-state index >= 15 is 0 Å². The molecule has 1 aliphatic heterocycles. The topological polar surface area (TPSA) is 12.4 Å². The van der Waals surface area contributed by atoms with Crippen molar-refractivity contribution >= 4 is 5.84 Å². The van der Waals surface area contributed by atoms with Gasteiger partial charge in [0.1, 0.15) is 11.4 Å². The van der Waals surface area contributed by atoms with Gasteiger partial charge in [-0.25, -0.2) is 0 Å². The lowest BCUT2D eigenvalue weighted by Crippen LogP contribution is -2.45. The number of amidine groups is 1. The molecule has 116 valence electrons. The largest absolute Gasteiger partial charge is 0.251 e. The zero-order valence-corrected chi connectivity index (χ0v) is 14.6. The third-order valence-electron chi connectivity index (χ3n) is 4.62. The molecule has 2 nitrogen and oxygen atoms in total. The predicted octanol–water partition coefficient (Wildman–Crippen LogP) is 5.50. The maximum Gasteiger partial charge on any atom is 0.204 e. The number of hydrogen-bond acceptors (Lipinski definition) is 1. The lowest BCUT2D eigenvalue weighted by atomic mass is 10.0. The van der Waals surface area contributed by atoms with Gasteiger partial charge in [0.05, 0.1) is 13.6 Å². The highest BCUT2D eigenvalue weighted by Crippen LogP contribution is 2.34. The Morgan fingerprint density at radius 3 is 2.25 bits per heavy atom. The second-order valence-electron chi connectivity index (χ2n) is 6.86. The van der Waals surface area contributed by atoms with E-state index in [9.17, 15) is 0 Å². The normalized spacial score (nSPS) is 22.9. The van der Waals surface area contributed by atoms with Gasteiger partial charge in [-0.05, 0) is 31.6 Å². The smallest absolute Gasteiger partial charge is 0.204 e. The van der Waals surface area contributed by atoms with Gasteiger partial charge in [0.15, 0.2) is 0 Å². The molecule has 1 heterocycles. The Morgan fingerprint density at radius 2 is 1.70 bits per heavy atom. The highest BCUT2D eigenvalue weighted by atomic mass is 15.4. The van der Waals surface area contributed by atoms with Gasteiger partial charge in [0.2, 0.25) is 5.84 Å². The highest BCUT2D eigenvalue weighted by Gasteiger charge is 2.38. The molecule has 0 aromatic carbocycles. The fraction of sp³-hybridized carbons (Fsp3) is 0.833. The van der Waals surface area contributed by atoms with Crippen LogP contribution in [0.5, 0.6) is 0 Å². The Balaban J connectivity index is 2.93. The molecule has 0 fully saturated rings. The molecule has 0 saturated carbocycles. The molecule has 0 radical (unpaired) electrons. The van der Waals surface area contributed by atoms with Gasteiger partial charge < -0.3 is 0 Å². The summed E-state index contributed by atoms with van der Waals surface area (Å²) in [6, 6.07) is 0. The Kier molecular flexibility index (Phi) is 6.94. The van der Waals surface area contributed by atoms with Crippen LogP contribution in [0.4, 0.5) is 0 Å². The molecule has 0 bridgehead atoms. The van der Waals surface area contributed by atoms with Crippen LogP contribution in [0.1, 0.15) is 79.6 Å². The molecule has 0 amide bonds. The molecule has 1 aliphatic rings. The van der Waals surface area contributed by atoms with Crippen molar-refractivity contribution in [2.45, 2.75) is 79.6 Å². The zero-order chi connectivity index (χ0) is 15.2. The average molecular weight is 279 g/mol. The lowest BCUT2D eigenvalue weighted by molar-refractivity contribution is -0.781. The molecule has 1 atom stereocenters. The minimum absolute atomic E-state index is 0.764. The monoisotopic (exact) mass is 279 g/mol. The Morgan fingerprint density at radius 1 is 1.05 bits per heavy atom. The van der Waals surface area contributed by atoms with Crippen LogP contribution in [0.15, 0.2) is 16.4 Å². The Bertz CT molecular complexity index is 366. The summed E-state index contributed by atoms with van der Waals surface area (Å²) in [7, 11) is 2.38. The summed E-state index contributed by atoms with van der Waals surface area (Å²) < 4.78 is 1.00. The summed E-state index contributed by atoms with van der Waals surface area (Å²) >= 11 is 0. The molecule has 1 unspecified atom stereocenters. The van der Waals surface area contributed by atoms with E-state index in [1.54, 1.807) is 5.70 Å². The van der Waals surface area contributed by atoms with Crippen LogP contribution in [0.3, 0.4) is 0 Å². The van der Waals surface area contributed by atoms with Gasteiger partial charge in [-0.3, -0.25) is 4.48 Å². The Hall–Kier alpha value is -0.630. The fourth-order valence-corrected chi connectivity index (χ4v) is 2.98. The van der Waals surface area contributed by atoms with Crippen molar-refractivity contribution in [1.29, 1.82) is 0 Å². The molecular formula is C18H35N2+. The highest BCUT2D eigenvalue weighted by molar-refractivity contribution is 5.77. The second kappa shape index (κ2) is 7.97. The minimum Gasteiger partial charge on any atom is -0.251 e. The number of rotatable bonds is 9. The molecule has 1 rings (SSSR count). The van der Waals surface area contributed by atoms with Crippen LogP contribution in [-0.4, -0.2) is 23.9 Å². The van der Waals surface area contributed by atoms with Crippen molar-refractivity contribution in [2.75, 3.05) is 13.6 Å². The van der Waals surface area contributed by atoms with Gasteiger partial charge >= 0.3 is 0 Å². The number of unbranched alkanes of at least 4 members (excludes halogenated alkanes) is 2. The van der Waals surface area contributed by atoms with E-state index in [0.717, 1.165) is 16.8 Å². The van der Waals surface area contributed by atoms with E-state index in [1.807, 2.05) is 0 Å². The maximum absolute atomic E-state index is 4.97. The summed E-state index contributed by atoms with van der Waals surface area (Å²) in [5, 5.41) is 0. The molecule has 0 spiro atoms. The zero-order valence-electron chi connectivity index (χ0n) is 14.6. The third-order valence-corrected chi connectivity index (χ3v) is 4.62. The first-order valence-corrected chi connectivity index (χ1v) is 8.59. The van der Waals surface area contributed by atoms with Crippen LogP contribution in [0, 0.1) is 5.92 Å². The number of nitrogens with zero attached hydrogens (tertiary/aromatic N) is 2. The van der Waals surface area contributed by atoms with Gasteiger partial charge in [-0.15, -0.1) is 0 Å².